The molecule has 98 valence electrons. The second-order valence-corrected chi connectivity index (χ2v) is 3.98. The Balaban J connectivity index is 2.23. The Kier molecular flexibility index (Phi) is 6.58. The third-order valence-corrected chi connectivity index (χ3v) is 2.49. The molecule has 1 aromatic rings. The maximum atomic E-state index is 11.7. The van der Waals surface area contributed by atoms with Crippen LogP contribution in [0, 0.1) is 0 Å². The first-order chi connectivity index (χ1) is 8.74. The maximum Gasteiger partial charge on any atom is 0.237 e. The molecule has 4 heteroatoms. The van der Waals surface area contributed by atoms with Crippen LogP contribution in [0.4, 0.5) is 0 Å². The smallest absolute Gasteiger partial charge is 0.237 e. The van der Waals surface area contributed by atoms with Crippen molar-refractivity contribution in [3.8, 4) is 0 Å². The van der Waals surface area contributed by atoms with Crippen molar-refractivity contribution in [2.75, 3.05) is 13.2 Å². The van der Waals surface area contributed by atoms with Gasteiger partial charge in [0.25, 0.3) is 0 Å². The minimum absolute atomic E-state index is 0.127. The zero-order valence-electron chi connectivity index (χ0n) is 10.5. The molecule has 1 aromatic carbocycles. The predicted octanol–water partition coefficient (Wildman–Crippen LogP) is 1.22. The molecule has 0 aromatic heterocycles. The lowest BCUT2D eigenvalue weighted by Gasteiger charge is -2.12. The van der Waals surface area contributed by atoms with E-state index in [1.807, 2.05) is 30.3 Å². The summed E-state index contributed by atoms with van der Waals surface area (Å²) in [6, 6.07) is 9.23. The van der Waals surface area contributed by atoms with Gasteiger partial charge in [0.1, 0.15) is 0 Å². The van der Waals surface area contributed by atoms with Gasteiger partial charge in [-0.2, -0.15) is 0 Å². The average molecular weight is 248 g/mol. The van der Waals surface area contributed by atoms with Crippen molar-refractivity contribution in [3.05, 3.63) is 48.7 Å². The Morgan fingerprint density at radius 3 is 2.83 bits per heavy atom. The fraction of sp³-hybridized carbons (Fsp3) is 0.357. The number of hydrogen-bond acceptors (Lipinski definition) is 3. The molecule has 0 saturated heterocycles. The molecule has 0 unspecified atom stereocenters. The van der Waals surface area contributed by atoms with E-state index in [0.717, 1.165) is 12.0 Å². The summed E-state index contributed by atoms with van der Waals surface area (Å²) in [6.45, 7) is 4.56. The Bertz CT molecular complexity index is 365. The van der Waals surface area contributed by atoms with Gasteiger partial charge in [-0.3, -0.25) is 4.79 Å². The van der Waals surface area contributed by atoms with Gasteiger partial charge in [0.05, 0.1) is 18.9 Å². The van der Waals surface area contributed by atoms with Gasteiger partial charge in [-0.25, -0.2) is 0 Å². The molecule has 4 nitrogen and oxygen atoms in total. The zero-order chi connectivity index (χ0) is 13.2. The summed E-state index contributed by atoms with van der Waals surface area (Å²) in [6.07, 6.45) is 2.69. The van der Waals surface area contributed by atoms with E-state index >= 15 is 0 Å². The number of carbonyl (C=O) groups is 1. The van der Waals surface area contributed by atoms with E-state index in [2.05, 4.69) is 11.9 Å². The highest BCUT2D eigenvalue weighted by atomic mass is 16.5. The molecule has 1 atom stereocenters. The summed E-state index contributed by atoms with van der Waals surface area (Å²) in [5.74, 6) is -0.127. The molecular formula is C14H20N2O2. The topological polar surface area (TPSA) is 64.3 Å². The summed E-state index contributed by atoms with van der Waals surface area (Å²) in [7, 11) is 0. The second kappa shape index (κ2) is 8.31. The molecule has 18 heavy (non-hydrogen) atoms. The molecule has 0 aliphatic rings. The lowest BCUT2D eigenvalue weighted by atomic mass is 10.1. The van der Waals surface area contributed by atoms with Crippen LogP contribution in [-0.2, 0) is 16.0 Å². The summed E-state index contributed by atoms with van der Waals surface area (Å²) >= 11 is 0. The zero-order valence-corrected chi connectivity index (χ0v) is 10.5. The number of amides is 1. The van der Waals surface area contributed by atoms with Crippen LogP contribution in [0.2, 0.25) is 0 Å². The molecule has 0 spiro atoms. The van der Waals surface area contributed by atoms with Crippen molar-refractivity contribution in [1.82, 2.24) is 5.32 Å². The fourth-order valence-electron chi connectivity index (χ4n) is 1.54. The van der Waals surface area contributed by atoms with Gasteiger partial charge in [-0.1, -0.05) is 36.9 Å². The predicted molar refractivity (Wildman–Crippen MR) is 71.9 cm³/mol. The van der Waals surface area contributed by atoms with Crippen molar-refractivity contribution in [3.63, 3.8) is 0 Å². The highest BCUT2D eigenvalue weighted by Crippen LogP contribution is 2.01. The van der Waals surface area contributed by atoms with Crippen LogP contribution in [-0.4, -0.2) is 25.1 Å². The van der Waals surface area contributed by atoms with Gasteiger partial charge >= 0.3 is 0 Å². The van der Waals surface area contributed by atoms with Crippen LogP contribution < -0.4 is 11.1 Å². The average Bonchev–Trinajstić information content (AvgIpc) is 2.39. The molecular weight excluding hydrogens is 228 g/mol. The number of hydrogen-bond donors (Lipinski definition) is 2. The summed E-state index contributed by atoms with van der Waals surface area (Å²) in [5.41, 5.74) is 6.90. The molecule has 0 aliphatic carbocycles. The highest BCUT2D eigenvalue weighted by molar-refractivity contribution is 5.81. The van der Waals surface area contributed by atoms with Crippen LogP contribution in [0.5, 0.6) is 0 Å². The van der Waals surface area contributed by atoms with Crippen LogP contribution >= 0.6 is 0 Å². The van der Waals surface area contributed by atoms with Crippen molar-refractivity contribution in [2.45, 2.75) is 18.9 Å². The van der Waals surface area contributed by atoms with Gasteiger partial charge in [0, 0.05) is 6.54 Å². The van der Waals surface area contributed by atoms with Crippen LogP contribution in [0.15, 0.2) is 43.2 Å². The van der Waals surface area contributed by atoms with E-state index in [0.29, 0.717) is 19.6 Å². The van der Waals surface area contributed by atoms with Crippen molar-refractivity contribution < 1.29 is 9.53 Å². The van der Waals surface area contributed by atoms with Gasteiger partial charge in [0.15, 0.2) is 0 Å². The van der Waals surface area contributed by atoms with Crippen LogP contribution in [0.3, 0.4) is 0 Å². The SMILES string of the molecule is C=COCCCNC(=O)[C@@H](N)Cc1ccccc1. The first kappa shape index (κ1) is 14.3. The molecule has 3 N–H and O–H groups in total. The molecule has 0 heterocycles. The summed E-state index contributed by atoms with van der Waals surface area (Å²) < 4.78 is 4.95. The van der Waals surface area contributed by atoms with Gasteiger partial charge in [0.2, 0.25) is 5.91 Å². The summed E-state index contributed by atoms with van der Waals surface area (Å²) in [4.78, 5) is 11.7. The quantitative estimate of drug-likeness (QED) is 0.537. The normalized spacial score (nSPS) is 11.6. The van der Waals surface area contributed by atoms with E-state index in [1.165, 1.54) is 6.26 Å². The Morgan fingerprint density at radius 1 is 1.44 bits per heavy atom. The van der Waals surface area contributed by atoms with Crippen molar-refractivity contribution in [2.24, 2.45) is 5.73 Å². The van der Waals surface area contributed by atoms with Crippen molar-refractivity contribution in [1.29, 1.82) is 0 Å². The van der Waals surface area contributed by atoms with Gasteiger partial charge in [-0.15, -0.1) is 0 Å². The maximum absolute atomic E-state index is 11.7. The number of rotatable bonds is 8. The van der Waals surface area contributed by atoms with Crippen LogP contribution in [0.1, 0.15) is 12.0 Å². The lowest BCUT2D eigenvalue weighted by molar-refractivity contribution is -0.122. The first-order valence-corrected chi connectivity index (χ1v) is 6.03. The van der Waals surface area contributed by atoms with E-state index in [-0.39, 0.29) is 5.91 Å². The highest BCUT2D eigenvalue weighted by Gasteiger charge is 2.12. The third kappa shape index (κ3) is 5.50. The standard InChI is InChI=1S/C14H20N2O2/c1-2-18-10-6-9-16-14(17)13(15)11-12-7-4-3-5-8-12/h2-5,7-8,13H,1,6,9-11,15H2,(H,16,17)/t13-/m0/s1. The number of benzene rings is 1. The first-order valence-electron chi connectivity index (χ1n) is 6.03. The Labute approximate surface area is 108 Å². The molecule has 0 saturated carbocycles. The van der Waals surface area contributed by atoms with Crippen molar-refractivity contribution >= 4 is 5.91 Å². The number of nitrogens with one attached hydrogen (secondary N) is 1. The second-order valence-electron chi connectivity index (χ2n) is 3.98. The van der Waals surface area contributed by atoms with Gasteiger partial charge in [-0.05, 0) is 18.4 Å². The molecule has 1 amide bonds. The Hall–Kier alpha value is -1.81. The minimum atomic E-state index is -0.507. The van der Waals surface area contributed by atoms with E-state index in [4.69, 9.17) is 10.5 Å². The third-order valence-electron chi connectivity index (χ3n) is 2.49. The lowest BCUT2D eigenvalue weighted by Crippen LogP contribution is -2.42. The van der Waals surface area contributed by atoms with Gasteiger partial charge < -0.3 is 15.8 Å². The minimum Gasteiger partial charge on any atom is -0.502 e. The number of nitrogens with two attached hydrogens (primary N) is 1. The summed E-state index contributed by atoms with van der Waals surface area (Å²) in [5, 5.41) is 2.78. The van der Waals surface area contributed by atoms with E-state index in [9.17, 15) is 4.79 Å². The molecule has 1 rings (SSSR count). The fourth-order valence-corrected chi connectivity index (χ4v) is 1.54. The number of carbonyl (C=O) groups excluding carboxylic acids is 1. The van der Waals surface area contributed by atoms with E-state index in [1.54, 1.807) is 0 Å². The monoisotopic (exact) mass is 248 g/mol. The van der Waals surface area contributed by atoms with Crippen LogP contribution in [0.25, 0.3) is 0 Å². The molecule has 0 aliphatic heterocycles. The molecule has 0 bridgehead atoms. The Morgan fingerprint density at radius 2 is 2.17 bits per heavy atom. The number of ether oxygens (including phenoxy) is 1. The van der Waals surface area contributed by atoms with E-state index < -0.39 is 6.04 Å². The largest absolute Gasteiger partial charge is 0.502 e. The molecule has 0 fully saturated rings. The molecule has 0 radical (unpaired) electrons.